The molecule has 1 heterocycles. The maximum Gasteiger partial charge on any atom is 0.325 e. The fourth-order valence-electron chi connectivity index (χ4n) is 1.55. The van der Waals surface area contributed by atoms with Crippen LogP contribution in [0.5, 0.6) is 0 Å². The highest BCUT2D eigenvalue weighted by molar-refractivity contribution is 9.10. The van der Waals surface area contributed by atoms with E-state index in [-0.39, 0.29) is 15.7 Å². The van der Waals surface area contributed by atoms with Gasteiger partial charge in [-0.2, -0.15) is 0 Å². The first-order chi connectivity index (χ1) is 9.38. The second-order valence-corrected chi connectivity index (χ2v) is 4.88. The Kier molecular flexibility index (Phi) is 3.84. The smallest absolute Gasteiger partial charge is 0.321 e. The van der Waals surface area contributed by atoms with Crippen LogP contribution in [0.3, 0.4) is 0 Å². The number of nitrogens with one attached hydrogen (secondary N) is 3. The predicted molar refractivity (Wildman–Crippen MR) is 74.5 cm³/mol. The molecule has 0 fully saturated rings. The van der Waals surface area contributed by atoms with Crippen LogP contribution in [0.25, 0.3) is 0 Å². The van der Waals surface area contributed by atoms with E-state index < -0.39 is 23.0 Å². The summed E-state index contributed by atoms with van der Waals surface area (Å²) in [4.78, 5) is 38.3. The Morgan fingerprint density at radius 3 is 2.70 bits per heavy atom. The Morgan fingerprint density at radius 2 is 2.05 bits per heavy atom. The Bertz CT molecular complexity index is 797. The summed E-state index contributed by atoms with van der Waals surface area (Å²) in [6, 6.07) is 2.64. The Hall–Kier alpha value is -2.22. The number of rotatable bonds is 2. The van der Waals surface area contributed by atoms with Gasteiger partial charge in [-0.1, -0.05) is 0 Å². The molecule has 6 nitrogen and oxygen atoms in total. The van der Waals surface area contributed by atoms with Crippen LogP contribution in [0.15, 0.2) is 32.4 Å². The number of aryl methyl sites for hydroxylation is 1. The quantitative estimate of drug-likeness (QED) is 0.772. The number of carbonyl (C=O) groups is 1. The number of hydrogen-bond donors (Lipinski definition) is 3. The predicted octanol–water partition coefficient (Wildman–Crippen LogP) is 1.53. The Morgan fingerprint density at radius 1 is 1.35 bits per heavy atom. The van der Waals surface area contributed by atoms with Gasteiger partial charge in [0, 0.05) is 11.9 Å². The summed E-state index contributed by atoms with van der Waals surface area (Å²) in [6.07, 6.45) is 1.00. The van der Waals surface area contributed by atoms with Crippen LogP contribution in [-0.2, 0) is 0 Å². The van der Waals surface area contributed by atoms with Crippen LogP contribution >= 0.6 is 15.9 Å². The summed E-state index contributed by atoms with van der Waals surface area (Å²) in [7, 11) is 0. The summed E-state index contributed by atoms with van der Waals surface area (Å²) in [5, 5.41) is 2.41. The summed E-state index contributed by atoms with van der Waals surface area (Å²) in [5.41, 5.74) is -0.944. The lowest BCUT2D eigenvalue weighted by molar-refractivity contribution is 0.102. The molecule has 104 valence electrons. The minimum absolute atomic E-state index is 0.237. The fourth-order valence-corrected chi connectivity index (χ4v) is 2.01. The van der Waals surface area contributed by atoms with Gasteiger partial charge in [0.15, 0.2) is 0 Å². The molecule has 0 bridgehead atoms. The SMILES string of the molecule is Cc1cc(Br)c(F)cc1NC(=O)c1c[nH]c(=O)[nH]c1=O. The summed E-state index contributed by atoms with van der Waals surface area (Å²) >= 11 is 3.03. The van der Waals surface area contributed by atoms with Gasteiger partial charge < -0.3 is 10.3 Å². The van der Waals surface area contributed by atoms with E-state index in [1.165, 1.54) is 6.07 Å². The molecule has 0 saturated heterocycles. The van der Waals surface area contributed by atoms with Gasteiger partial charge in [0.25, 0.3) is 11.5 Å². The highest BCUT2D eigenvalue weighted by atomic mass is 79.9. The zero-order valence-electron chi connectivity index (χ0n) is 10.2. The third-order valence-electron chi connectivity index (χ3n) is 2.58. The summed E-state index contributed by atoms with van der Waals surface area (Å²) in [6.45, 7) is 1.68. The largest absolute Gasteiger partial charge is 0.325 e. The lowest BCUT2D eigenvalue weighted by Gasteiger charge is -2.09. The number of benzene rings is 1. The minimum Gasteiger partial charge on any atom is -0.321 e. The number of amides is 1. The van der Waals surface area contributed by atoms with E-state index in [1.807, 2.05) is 4.98 Å². The first kappa shape index (κ1) is 14.2. The molecule has 0 spiro atoms. The van der Waals surface area contributed by atoms with Crippen molar-refractivity contribution in [3.63, 3.8) is 0 Å². The lowest BCUT2D eigenvalue weighted by Crippen LogP contribution is -2.29. The van der Waals surface area contributed by atoms with Gasteiger partial charge in [-0.25, -0.2) is 9.18 Å². The second kappa shape index (κ2) is 5.41. The van der Waals surface area contributed by atoms with Crippen LogP contribution in [0.2, 0.25) is 0 Å². The van der Waals surface area contributed by atoms with Crippen molar-refractivity contribution in [2.24, 2.45) is 0 Å². The average molecular weight is 342 g/mol. The van der Waals surface area contributed by atoms with E-state index in [2.05, 4.69) is 26.2 Å². The zero-order valence-corrected chi connectivity index (χ0v) is 11.8. The minimum atomic E-state index is -0.818. The van der Waals surface area contributed by atoms with E-state index in [4.69, 9.17) is 0 Å². The normalized spacial score (nSPS) is 10.3. The standard InChI is InChI=1S/C12H9BrFN3O3/c1-5-2-7(13)8(14)3-9(5)16-10(18)6-4-15-12(20)17-11(6)19/h2-4H,1H3,(H,16,18)(H2,15,17,19,20). The molecule has 3 N–H and O–H groups in total. The number of H-pyrrole nitrogens is 2. The van der Waals surface area contributed by atoms with Crippen molar-refractivity contribution >= 4 is 27.5 Å². The van der Waals surface area contributed by atoms with Gasteiger partial charge in [0.2, 0.25) is 0 Å². The van der Waals surface area contributed by atoms with Crippen LogP contribution in [-0.4, -0.2) is 15.9 Å². The molecule has 0 aliphatic carbocycles. The van der Waals surface area contributed by atoms with Gasteiger partial charge in [-0.3, -0.25) is 14.6 Å². The third kappa shape index (κ3) is 2.85. The van der Waals surface area contributed by atoms with Crippen molar-refractivity contribution in [2.45, 2.75) is 6.92 Å². The molecule has 0 atom stereocenters. The molecule has 0 unspecified atom stereocenters. The monoisotopic (exact) mass is 341 g/mol. The van der Waals surface area contributed by atoms with Crippen LogP contribution in [0.4, 0.5) is 10.1 Å². The van der Waals surface area contributed by atoms with E-state index in [0.29, 0.717) is 5.56 Å². The topological polar surface area (TPSA) is 94.8 Å². The van der Waals surface area contributed by atoms with Crippen molar-refractivity contribution in [2.75, 3.05) is 5.32 Å². The molecule has 1 aromatic heterocycles. The molecule has 0 aliphatic rings. The maximum absolute atomic E-state index is 13.4. The van der Waals surface area contributed by atoms with Gasteiger partial charge in [-0.15, -0.1) is 0 Å². The molecule has 8 heteroatoms. The molecule has 0 saturated carbocycles. The highest BCUT2D eigenvalue weighted by Crippen LogP contribution is 2.24. The summed E-state index contributed by atoms with van der Waals surface area (Å²) < 4.78 is 13.7. The zero-order chi connectivity index (χ0) is 14.9. The van der Waals surface area contributed by atoms with Crippen LogP contribution in [0.1, 0.15) is 15.9 Å². The van der Waals surface area contributed by atoms with Crippen molar-refractivity contribution in [3.8, 4) is 0 Å². The Balaban J connectivity index is 2.35. The molecule has 1 amide bonds. The molecule has 20 heavy (non-hydrogen) atoms. The molecular weight excluding hydrogens is 333 g/mol. The number of carbonyl (C=O) groups excluding carboxylic acids is 1. The number of aromatic amines is 2. The number of anilines is 1. The average Bonchev–Trinajstić information content (AvgIpc) is 2.35. The molecule has 0 aliphatic heterocycles. The van der Waals surface area contributed by atoms with Gasteiger partial charge in [0.1, 0.15) is 11.4 Å². The van der Waals surface area contributed by atoms with Gasteiger partial charge >= 0.3 is 5.69 Å². The molecule has 0 radical (unpaired) electrons. The van der Waals surface area contributed by atoms with Gasteiger partial charge in [0.05, 0.1) is 4.47 Å². The van der Waals surface area contributed by atoms with Crippen molar-refractivity contribution in [1.82, 2.24) is 9.97 Å². The van der Waals surface area contributed by atoms with E-state index >= 15 is 0 Å². The van der Waals surface area contributed by atoms with Crippen LogP contribution in [0, 0.1) is 12.7 Å². The maximum atomic E-state index is 13.4. The van der Waals surface area contributed by atoms with E-state index in [0.717, 1.165) is 12.3 Å². The molecule has 2 aromatic rings. The molecular formula is C12H9BrFN3O3. The fraction of sp³-hybridized carbons (Fsp3) is 0.0833. The molecule has 1 aromatic carbocycles. The number of halogens is 2. The first-order valence-corrected chi connectivity index (χ1v) is 6.27. The third-order valence-corrected chi connectivity index (χ3v) is 3.19. The van der Waals surface area contributed by atoms with Crippen molar-refractivity contribution in [3.05, 3.63) is 60.6 Å². The van der Waals surface area contributed by atoms with E-state index in [1.54, 1.807) is 6.92 Å². The first-order valence-electron chi connectivity index (χ1n) is 5.47. The van der Waals surface area contributed by atoms with E-state index in [9.17, 15) is 18.8 Å². The number of aromatic nitrogens is 2. The van der Waals surface area contributed by atoms with Crippen LogP contribution < -0.4 is 16.6 Å². The van der Waals surface area contributed by atoms with Gasteiger partial charge in [-0.05, 0) is 40.5 Å². The molecule has 2 rings (SSSR count). The lowest BCUT2D eigenvalue weighted by atomic mass is 10.2. The van der Waals surface area contributed by atoms with Crippen molar-refractivity contribution < 1.29 is 9.18 Å². The van der Waals surface area contributed by atoms with Crippen molar-refractivity contribution in [1.29, 1.82) is 0 Å². The number of hydrogen-bond acceptors (Lipinski definition) is 3. The Labute approximate surface area is 120 Å². The second-order valence-electron chi connectivity index (χ2n) is 4.02. The highest BCUT2D eigenvalue weighted by Gasteiger charge is 2.13. The summed E-state index contributed by atoms with van der Waals surface area (Å²) in [5.74, 6) is -1.28.